The van der Waals surface area contributed by atoms with Gasteiger partial charge in [-0.15, -0.1) is 0 Å². The number of aromatic amines is 2. The van der Waals surface area contributed by atoms with Gasteiger partial charge in [0.1, 0.15) is 11.5 Å². The molecule has 2 amide bonds. The van der Waals surface area contributed by atoms with Crippen LogP contribution in [0.5, 0.6) is 11.5 Å². The van der Waals surface area contributed by atoms with Crippen molar-refractivity contribution >= 4 is 56.7 Å². The summed E-state index contributed by atoms with van der Waals surface area (Å²) in [5.41, 5.74) is 12.6. The lowest BCUT2D eigenvalue weighted by molar-refractivity contribution is -0.165. The van der Waals surface area contributed by atoms with E-state index in [0.717, 1.165) is 76.7 Å². The maximum Gasteiger partial charge on any atom is 0.335 e. The summed E-state index contributed by atoms with van der Waals surface area (Å²) in [7, 11) is 3.41. The number of hydrogen-bond acceptors (Lipinski definition) is 10. The Morgan fingerprint density at radius 3 is 1.32 bits per heavy atom. The lowest BCUT2D eigenvalue weighted by Crippen LogP contribution is -2.48. The number of aliphatic hydroxyl groups excluding tert-OH is 2. The molecule has 6 aromatic rings. The van der Waals surface area contributed by atoms with Crippen molar-refractivity contribution in [1.82, 2.24) is 29.6 Å². The minimum Gasteiger partial charge on any atom is -0.497 e. The lowest BCUT2D eigenvalue weighted by atomic mass is 9.79. The molecule has 4 heterocycles. The molecule has 0 saturated carbocycles. The number of carboxylic acids is 2. The van der Waals surface area contributed by atoms with Gasteiger partial charge in [-0.1, -0.05) is 60.7 Å². The van der Waals surface area contributed by atoms with Crippen molar-refractivity contribution in [2.24, 2.45) is 11.8 Å². The number of H-pyrrole nitrogens is 2. The number of amides is 2. The number of ether oxygens (including phenoxy) is 2. The Kier molecular flexibility index (Phi) is 16.7. The maximum absolute atomic E-state index is 13.4. The number of fused-ring (bicyclic) bond motifs is 4. The van der Waals surface area contributed by atoms with E-state index in [4.69, 9.17) is 29.9 Å². The van der Waals surface area contributed by atoms with Gasteiger partial charge in [0.2, 0.25) is 11.8 Å². The molecule has 2 unspecified atom stereocenters. The number of nitrogens with zero attached hydrogens (tertiary/aromatic N) is 4. The third kappa shape index (κ3) is 11.0. The van der Waals surface area contributed by atoms with Crippen LogP contribution in [0.3, 0.4) is 0 Å². The highest BCUT2D eigenvalue weighted by Gasteiger charge is 2.40. The number of benzene rings is 4. The van der Waals surface area contributed by atoms with E-state index < -0.39 is 24.1 Å². The highest BCUT2D eigenvalue weighted by molar-refractivity contribution is 6.00. The smallest absolute Gasteiger partial charge is 0.335 e. The van der Waals surface area contributed by atoms with Crippen LogP contribution in [0.15, 0.2) is 109 Å². The van der Waals surface area contributed by atoms with Crippen LogP contribution in [0, 0.1) is 11.8 Å². The van der Waals surface area contributed by atoms with Crippen LogP contribution < -0.4 is 9.47 Å². The first-order valence-electron chi connectivity index (χ1n) is 25.5. The number of hydrogen-bond donors (Lipinski definition) is 6. The molecule has 4 aromatic carbocycles. The molecule has 2 aliphatic heterocycles. The first-order chi connectivity index (χ1) is 35.7. The van der Waals surface area contributed by atoms with Crippen LogP contribution in [0.25, 0.3) is 33.0 Å². The minimum absolute atomic E-state index is 0.137. The van der Waals surface area contributed by atoms with Gasteiger partial charge in [-0.3, -0.25) is 19.4 Å². The van der Waals surface area contributed by atoms with Crippen molar-refractivity contribution in [3.05, 3.63) is 143 Å². The quantitative estimate of drug-likeness (QED) is 0.0624. The minimum atomic E-state index is -2.27. The number of aliphatic carboxylic acids is 2. The number of aliphatic hydroxyl groups is 2. The molecule has 0 fully saturated rings. The zero-order valence-corrected chi connectivity index (χ0v) is 43.0. The van der Waals surface area contributed by atoms with Gasteiger partial charge in [0.15, 0.2) is 12.2 Å². The molecule has 0 bridgehead atoms. The maximum atomic E-state index is 13.4. The Balaban J connectivity index is 0.000000167. The van der Waals surface area contributed by atoms with Crippen LogP contribution in [-0.2, 0) is 45.1 Å². The summed E-state index contributed by atoms with van der Waals surface area (Å²) in [5.74, 6) is -1.62. The van der Waals surface area contributed by atoms with E-state index in [9.17, 15) is 19.2 Å². The van der Waals surface area contributed by atoms with E-state index in [0.29, 0.717) is 0 Å². The Bertz CT molecular complexity index is 2860. The summed E-state index contributed by atoms with van der Waals surface area (Å²) >= 11 is 0. The summed E-state index contributed by atoms with van der Waals surface area (Å²) < 4.78 is 10.9. The molecule has 4 aliphatic rings. The van der Waals surface area contributed by atoms with E-state index in [1.165, 1.54) is 66.3 Å². The molecule has 0 saturated heterocycles. The number of aromatic nitrogens is 2. The normalized spacial score (nSPS) is 19.5. The largest absolute Gasteiger partial charge is 0.497 e. The summed E-state index contributed by atoms with van der Waals surface area (Å²) in [6, 6.07) is 30.0. The standard InChI is InChI=1S/2C27H31N3O2.C4H6O6/c2*1-4-29(5-2)27(31)20-13-23-22-10-7-11-24-26(22)19(15-28-24)14-25(23)30(17-20)16-18-8-6-9-21(12-18)32-3;5-1(3(7)8)2(6)4(9)10/h2*6-13,15,20,25,28H,4-5,14,16-17H2,1-3H3;1-2,5-6H,(H,7,8)(H,9,10)/t2*20-,25-;/m11./s1. The summed E-state index contributed by atoms with van der Waals surface area (Å²) in [4.78, 5) is 62.1. The molecular formula is C58H68N6O10. The van der Waals surface area contributed by atoms with Gasteiger partial charge < -0.3 is 49.7 Å². The fourth-order valence-corrected chi connectivity index (χ4v) is 11.1. The zero-order chi connectivity index (χ0) is 52.8. The van der Waals surface area contributed by atoms with Gasteiger partial charge in [0.25, 0.3) is 0 Å². The molecule has 74 heavy (non-hydrogen) atoms. The zero-order valence-electron chi connectivity index (χ0n) is 43.0. The molecule has 16 nitrogen and oxygen atoms in total. The molecule has 16 heteroatoms. The van der Waals surface area contributed by atoms with E-state index in [1.807, 2.05) is 34.1 Å². The molecule has 10 rings (SSSR count). The highest BCUT2D eigenvalue weighted by Crippen LogP contribution is 2.44. The molecule has 390 valence electrons. The van der Waals surface area contributed by atoms with Crippen LogP contribution in [0.2, 0.25) is 0 Å². The van der Waals surface area contributed by atoms with Gasteiger partial charge in [0.05, 0.1) is 26.1 Å². The average molecular weight is 1010 g/mol. The number of carbonyl (C=O) groups is 4. The Morgan fingerprint density at radius 1 is 0.595 bits per heavy atom. The fourth-order valence-electron chi connectivity index (χ4n) is 11.1. The van der Waals surface area contributed by atoms with E-state index in [-0.39, 0.29) is 35.7 Å². The molecule has 0 spiro atoms. The fraction of sp³-hybridized carbons (Fsp3) is 0.379. The van der Waals surface area contributed by atoms with Crippen molar-refractivity contribution < 1.29 is 49.1 Å². The van der Waals surface area contributed by atoms with Crippen LogP contribution >= 0.6 is 0 Å². The molecule has 0 radical (unpaired) electrons. The van der Waals surface area contributed by atoms with Crippen molar-refractivity contribution in [1.29, 1.82) is 0 Å². The van der Waals surface area contributed by atoms with Gasteiger partial charge >= 0.3 is 11.9 Å². The summed E-state index contributed by atoms with van der Waals surface area (Å²) in [6.07, 6.45) is 6.22. The van der Waals surface area contributed by atoms with E-state index in [1.54, 1.807) is 14.2 Å². The second-order valence-corrected chi connectivity index (χ2v) is 19.1. The van der Waals surface area contributed by atoms with Gasteiger partial charge in [-0.25, -0.2) is 9.59 Å². The molecule has 6 atom stereocenters. The topological polar surface area (TPSA) is 212 Å². The predicted molar refractivity (Wildman–Crippen MR) is 284 cm³/mol. The van der Waals surface area contributed by atoms with E-state index >= 15 is 0 Å². The van der Waals surface area contributed by atoms with Crippen molar-refractivity contribution in [3.8, 4) is 11.5 Å². The summed E-state index contributed by atoms with van der Waals surface area (Å²) in [6.45, 7) is 14.2. The van der Waals surface area contributed by atoms with Crippen LogP contribution in [0.4, 0.5) is 0 Å². The van der Waals surface area contributed by atoms with Gasteiger partial charge in [-0.2, -0.15) is 0 Å². The number of carbonyl (C=O) groups excluding carboxylic acids is 2. The third-order valence-electron chi connectivity index (χ3n) is 14.9. The first-order valence-corrected chi connectivity index (χ1v) is 25.5. The van der Waals surface area contributed by atoms with Gasteiger partial charge in [-0.05, 0) is 121 Å². The van der Waals surface area contributed by atoms with Gasteiger partial charge in [0, 0.05) is 98.6 Å². The highest BCUT2D eigenvalue weighted by atomic mass is 16.5. The van der Waals surface area contributed by atoms with Crippen molar-refractivity contribution in [3.63, 3.8) is 0 Å². The Labute approximate surface area is 431 Å². The van der Waals surface area contributed by atoms with E-state index in [2.05, 4.69) is 133 Å². The molecule has 6 N–H and O–H groups in total. The number of nitrogens with one attached hydrogen (secondary N) is 2. The van der Waals surface area contributed by atoms with Crippen LogP contribution in [0.1, 0.15) is 61.1 Å². The Morgan fingerprint density at radius 2 is 0.973 bits per heavy atom. The third-order valence-corrected chi connectivity index (χ3v) is 14.9. The first kappa shape index (κ1) is 53.1. The monoisotopic (exact) mass is 1010 g/mol. The van der Waals surface area contributed by atoms with Crippen molar-refractivity contribution in [2.45, 2.75) is 77.9 Å². The number of methoxy groups -OCH3 is 2. The number of rotatable bonds is 15. The van der Waals surface area contributed by atoms with Crippen LogP contribution in [-0.4, -0.2) is 152 Å². The second kappa shape index (κ2) is 23.3. The predicted octanol–water partition coefficient (Wildman–Crippen LogP) is 6.85. The Hall–Kier alpha value is -7.24. The summed E-state index contributed by atoms with van der Waals surface area (Å²) in [5, 5.41) is 35.2. The molecule has 2 aromatic heterocycles. The number of carboxylic acid groups (broad SMARTS) is 2. The second-order valence-electron chi connectivity index (χ2n) is 19.1. The lowest BCUT2D eigenvalue weighted by Gasteiger charge is -2.42. The van der Waals surface area contributed by atoms with Crippen molar-refractivity contribution in [2.75, 3.05) is 53.5 Å². The molecule has 2 aliphatic carbocycles. The average Bonchev–Trinajstić information content (AvgIpc) is 4.06. The SMILES string of the molecule is CCN(CC)C(=O)[C@@H]1C=C2c3cccc4[nH]cc(c34)C[C@H]2N(Cc2cccc(OC)c2)C1.CCN(CC)C(=O)[C@@H]1C=C2c3cccc4[nH]cc(c34)C[C@H]2N(Cc2cccc(OC)c2)C1.O=C(O)C(O)C(O)C(=O)O. The molecular weight excluding hydrogens is 941 g/mol.